The van der Waals surface area contributed by atoms with Crippen molar-refractivity contribution >= 4 is 40.5 Å². The minimum Gasteiger partial charge on any atom is -0.508 e. The van der Waals surface area contributed by atoms with Crippen LogP contribution in [0.15, 0.2) is 54.7 Å². The summed E-state index contributed by atoms with van der Waals surface area (Å²) >= 11 is 0. The molecular weight excluding hydrogens is 881 g/mol. The number of hydrogen-bond donors (Lipinski definition) is 4. The first kappa shape index (κ1) is 49.5. The molecule has 4 aliphatic rings. The summed E-state index contributed by atoms with van der Waals surface area (Å²) in [5, 5.41) is 19.9. The van der Waals surface area contributed by atoms with E-state index in [2.05, 4.69) is 59.6 Å². The number of likely N-dealkylation sites (N-methyl/N-ethyl adjacent to an activating group) is 2. The number of methoxy groups -OCH3 is 1. The first-order valence-corrected chi connectivity index (χ1v) is 24.2. The van der Waals surface area contributed by atoms with E-state index < -0.39 is 47.2 Å². The molecule has 4 N–H and O–H groups in total. The molecule has 3 saturated heterocycles. The lowest BCUT2D eigenvalue weighted by atomic mass is 9.84. The molecule has 0 saturated carbocycles. The zero-order valence-electron chi connectivity index (χ0n) is 41.3. The molecule has 370 valence electrons. The normalized spacial score (nSPS) is 22.6. The highest BCUT2D eigenvalue weighted by atomic mass is 16.5. The van der Waals surface area contributed by atoms with Gasteiger partial charge < -0.3 is 39.0 Å². The van der Waals surface area contributed by atoms with E-state index in [0.717, 1.165) is 39.0 Å². The number of phenolic OH excluding ortho intramolecular Hbond substituents is 1. The Morgan fingerprint density at radius 2 is 1.83 bits per heavy atom. The van der Waals surface area contributed by atoms with Crippen LogP contribution in [0, 0.1) is 17.3 Å². The number of amides is 4. The Kier molecular flexibility index (Phi) is 14.5. The number of hydrogen-bond acceptors (Lipinski definition) is 12. The molecule has 69 heavy (non-hydrogen) atoms. The summed E-state index contributed by atoms with van der Waals surface area (Å²) in [5.41, 5.74) is 9.47. The molecule has 2 aromatic carbocycles. The van der Waals surface area contributed by atoms with Crippen LogP contribution in [0.1, 0.15) is 77.3 Å². The van der Waals surface area contributed by atoms with Crippen molar-refractivity contribution in [3.63, 3.8) is 0 Å². The highest BCUT2D eigenvalue weighted by molar-refractivity contribution is 5.96. The maximum Gasteiger partial charge on any atom is 0.324 e. The molecule has 17 heteroatoms. The van der Waals surface area contributed by atoms with E-state index in [1.165, 1.54) is 21.9 Å². The van der Waals surface area contributed by atoms with E-state index in [4.69, 9.17) is 19.2 Å². The number of hydrazine groups is 1. The van der Waals surface area contributed by atoms with Crippen molar-refractivity contribution in [1.29, 1.82) is 0 Å². The van der Waals surface area contributed by atoms with E-state index in [0.29, 0.717) is 50.1 Å². The lowest BCUT2D eigenvalue weighted by Gasteiger charge is -2.37. The van der Waals surface area contributed by atoms with Crippen LogP contribution in [0.3, 0.4) is 0 Å². The van der Waals surface area contributed by atoms with Crippen molar-refractivity contribution in [3.05, 3.63) is 71.5 Å². The van der Waals surface area contributed by atoms with Crippen molar-refractivity contribution in [2.75, 3.05) is 54.1 Å². The molecule has 4 aliphatic heterocycles. The molecule has 0 radical (unpaired) electrons. The third-order valence-corrected chi connectivity index (χ3v) is 14.2. The van der Waals surface area contributed by atoms with Gasteiger partial charge in [-0.25, -0.2) is 5.43 Å². The molecule has 3 fully saturated rings. The van der Waals surface area contributed by atoms with Crippen molar-refractivity contribution < 1.29 is 43.3 Å². The quantitative estimate of drug-likeness (QED) is 0.115. The molecule has 0 aliphatic carbocycles. The summed E-state index contributed by atoms with van der Waals surface area (Å²) < 4.78 is 19.5. The molecular formula is C52H68N8O9. The number of ether oxygens (including phenoxy) is 3. The van der Waals surface area contributed by atoms with Crippen LogP contribution >= 0.6 is 0 Å². The first-order chi connectivity index (χ1) is 32.9. The minimum atomic E-state index is -1.19. The molecule has 4 aromatic rings. The molecule has 6 heterocycles. The number of rotatable bonds is 12. The lowest BCUT2D eigenvalue weighted by Crippen LogP contribution is -2.62. The van der Waals surface area contributed by atoms with E-state index >= 15 is 0 Å². The van der Waals surface area contributed by atoms with Crippen molar-refractivity contribution in [3.8, 4) is 28.1 Å². The van der Waals surface area contributed by atoms with Gasteiger partial charge in [0, 0.05) is 80.8 Å². The Balaban J connectivity index is 1.15. The summed E-state index contributed by atoms with van der Waals surface area (Å²) in [6, 6.07) is 12.0. The Bertz CT molecular complexity index is 2610. The Morgan fingerprint density at radius 1 is 1.06 bits per heavy atom. The smallest absolute Gasteiger partial charge is 0.324 e. The number of carbonyl (C=O) groups excluding carboxylic acids is 5. The van der Waals surface area contributed by atoms with Crippen molar-refractivity contribution in [2.24, 2.45) is 17.3 Å². The second-order valence-corrected chi connectivity index (χ2v) is 20.4. The third kappa shape index (κ3) is 10.4. The van der Waals surface area contributed by atoms with Crippen LogP contribution in [0.25, 0.3) is 33.3 Å². The zero-order chi connectivity index (χ0) is 49.5. The van der Waals surface area contributed by atoms with Gasteiger partial charge in [-0.1, -0.05) is 39.8 Å². The molecule has 17 nitrogen and oxygen atoms in total. The van der Waals surface area contributed by atoms with Gasteiger partial charge in [-0.2, -0.15) is 0 Å². The van der Waals surface area contributed by atoms with E-state index in [9.17, 15) is 29.1 Å². The van der Waals surface area contributed by atoms with Crippen LogP contribution in [0.4, 0.5) is 0 Å². The average molecular weight is 949 g/mol. The van der Waals surface area contributed by atoms with E-state index in [1.807, 2.05) is 39.0 Å². The number of nitrogens with zero attached hydrogens (tertiary/aromatic N) is 5. The summed E-state index contributed by atoms with van der Waals surface area (Å²) in [7, 11) is 4.77. The predicted molar refractivity (Wildman–Crippen MR) is 259 cm³/mol. The number of phenols is 1. The van der Waals surface area contributed by atoms with Crippen molar-refractivity contribution in [1.82, 2.24) is 40.4 Å². The largest absolute Gasteiger partial charge is 0.508 e. The molecule has 6 bridgehead atoms. The number of aromatic nitrogens is 2. The van der Waals surface area contributed by atoms with Crippen LogP contribution in [-0.4, -0.2) is 143 Å². The number of esters is 1. The number of aromatic hydroxyl groups is 1. The number of carbonyl (C=O) groups is 5. The number of aryl methyl sites for hydroxylation is 1. The standard InChI is InChI=1S/C52H68N8O9/c1-10-59-41-16-15-32-23-37(41)38(47(59)36-13-11-17-53-43(36)30(4)67-9)24-52(5,6)28-69-51(66)39-14-12-18-60(56-39)49(64)40(21-31-19-33(32)22-35(61)20-31)54-48(63)46(29(2)3)58(8)42(62)25-57(7)50(65)45-44(55-45)34-26-68-27-34/h11,13,15-17,19-20,22-23,29-30,34,39-40,44-46,55-56,61H,10,12,14,18,21,24-28H2,1-9H3,(H,54,63)/t30-,39-,40-,44-,45+,46-/m0/s1. The van der Waals surface area contributed by atoms with Gasteiger partial charge in [-0.3, -0.25) is 39.3 Å². The number of fused-ring (bicyclic) bond motifs is 6. The van der Waals surface area contributed by atoms with Gasteiger partial charge in [-0.05, 0) is 97.7 Å². The zero-order valence-corrected chi connectivity index (χ0v) is 41.3. The number of benzene rings is 2. The summed E-state index contributed by atoms with van der Waals surface area (Å²) in [6.45, 7) is 13.8. The monoisotopic (exact) mass is 949 g/mol. The predicted octanol–water partition coefficient (Wildman–Crippen LogP) is 4.38. The molecule has 6 atom stereocenters. The van der Waals surface area contributed by atoms with Crippen LogP contribution in [0.2, 0.25) is 0 Å². The maximum atomic E-state index is 14.8. The molecule has 4 amide bonds. The topological polar surface area (TPSA) is 207 Å². The Hall–Kier alpha value is -5.88. The van der Waals surface area contributed by atoms with E-state index in [-0.39, 0.29) is 67.8 Å². The van der Waals surface area contributed by atoms with Gasteiger partial charge >= 0.3 is 5.97 Å². The number of pyridine rings is 1. The fraction of sp³-hybridized carbons (Fsp3) is 0.538. The maximum absolute atomic E-state index is 14.8. The van der Waals surface area contributed by atoms with Crippen LogP contribution in [-0.2, 0) is 57.6 Å². The third-order valence-electron chi connectivity index (χ3n) is 14.2. The number of cyclic esters (lactones) is 1. The number of nitrogens with one attached hydrogen (secondary N) is 3. The summed E-state index contributed by atoms with van der Waals surface area (Å²) in [5.74, 6) is -2.32. The second kappa shape index (κ2) is 20.2. The van der Waals surface area contributed by atoms with Gasteiger partial charge in [0.05, 0.1) is 43.9 Å². The molecule has 8 rings (SSSR count). The second-order valence-electron chi connectivity index (χ2n) is 20.4. The van der Waals surface area contributed by atoms with Crippen LogP contribution < -0.4 is 16.1 Å². The van der Waals surface area contributed by atoms with Gasteiger partial charge in [-0.15, -0.1) is 0 Å². The van der Waals surface area contributed by atoms with Gasteiger partial charge in [0.2, 0.25) is 17.7 Å². The Labute approximate surface area is 404 Å². The highest BCUT2D eigenvalue weighted by Gasteiger charge is 2.50. The lowest BCUT2D eigenvalue weighted by molar-refractivity contribution is -0.155. The fourth-order valence-corrected chi connectivity index (χ4v) is 10.3. The SMILES string of the molecule is CCn1c(-c2cccnc2[C@H](C)OC)c2c3cc(ccc31)-c1cc(O)cc(c1)C[C@H](NC(=O)[C@H](C(C)C)N(C)C(=O)CN(C)C(=O)[C@@H]1N[C@H]1C1COC1)C(=O)N1CCC[C@H](N1)C(=O)OCC(C)(C)C2. The fourth-order valence-electron chi connectivity index (χ4n) is 10.3. The van der Waals surface area contributed by atoms with Gasteiger partial charge in [0.25, 0.3) is 5.91 Å². The first-order valence-electron chi connectivity index (χ1n) is 24.2. The van der Waals surface area contributed by atoms with Crippen molar-refractivity contribution in [2.45, 2.75) is 110 Å². The van der Waals surface area contributed by atoms with E-state index in [1.54, 1.807) is 32.5 Å². The molecule has 0 spiro atoms. The van der Waals surface area contributed by atoms with Crippen LogP contribution in [0.5, 0.6) is 5.75 Å². The Morgan fingerprint density at radius 3 is 2.52 bits per heavy atom. The van der Waals surface area contributed by atoms with Gasteiger partial charge in [0.1, 0.15) is 29.9 Å². The summed E-state index contributed by atoms with van der Waals surface area (Å²) in [6.07, 6.45) is 2.92. The molecule has 2 aromatic heterocycles. The highest BCUT2D eigenvalue weighted by Crippen LogP contribution is 2.42. The summed E-state index contributed by atoms with van der Waals surface area (Å²) in [4.78, 5) is 77.8. The average Bonchev–Trinajstić information content (AvgIpc) is 4.02. The van der Waals surface area contributed by atoms with Gasteiger partial charge in [0.15, 0.2) is 0 Å². The molecule has 0 unspecified atom stereocenters. The minimum absolute atomic E-state index is 0.0204.